The van der Waals surface area contributed by atoms with Crippen molar-refractivity contribution in [1.82, 2.24) is 10.2 Å². The van der Waals surface area contributed by atoms with Gasteiger partial charge in [-0.3, -0.25) is 14.5 Å². The first-order valence-corrected chi connectivity index (χ1v) is 7.87. The number of hydrogen-bond donors (Lipinski definition) is 1. The van der Waals surface area contributed by atoms with E-state index in [1.807, 2.05) is 24.3 Å². The molecule has 1 aromatic carbocycles. The number of para-hydroxylation sites is 2. The number of amides is 2. The first-order chi connectivity index (χ1) is 11.2. The molecule has 2 heterocycles. The van der Waals surface area contributed by atoms with Crippen molar-refractivity contribution in [3.63, 3.8) is 0 Å². The van der Waals surface area contributed by atoms with Gasteiger partial charge in [-0.05, 0) is 31.5 Å². The molecule has 0 fully saturated rings. The Bertz CT molecular complexity index is 596. The van der Waals surface area contributed by atoms with Gasteiger partial charge < -0.3 is 14.8 Å². The van der Waals surface area contributed by atoms with E-state index in [-0.39, 0.29) is 17.9 Å². The number of nitrogens with zero attached hydrogens (tertiary/aromatic N) is 1. The van der Waals surface area contributed by atoms with Gasteiger partial charge in [-0.25, -0.2) is 0 Å². The molecule has 23 heavy (non-hydrogen) atoms. The number of rotatable bonds is 7. The van der Waals surface area contributed by atoms with Crippen LogP contribution in [-0.2, 0) is 9.59 Å². The Morgan fingerprint density at radius 1 is 1.09 bits per heavy atom. The third-order valence-electron chi connectivity index (χ3n) is 3.83. The summed E-state index contributed by atoms with van der Waals surface area (Å²) in [6.07, 6.45) is 4.31. The number of carbonyl (C=O) groups is 2. The third-order valence-corrected chi connectivity index (χ3v) is 3.83. The SMILES string of the molecule is O=C1C=CC(=O)N1CCCCNCC1COc2ccccc2O1. The number of nitrogens with one attached hydrogen (secondary N) is 1. The molecule has 6 nitrogen and oxygen atoms in total. The van der Waals surface area contributed by atoms with E-state index in [0.717, 1.165) is 30.9 Å². The first-order valence-electron chi connectivity index (χ1n) is 7.87. The molecule has 0 saturated heterocycles. The summed E-state index contributed by atoms with van der Waals surface area (Å²) in [6, 6.07) is 7.65. The summed E-state index contributed by atoms with van der Waals surface area (Å²) in [5, 5.41) is 3.32. The highest BCUT2D eigenvalue weighted by molar-refractivity contribution is 6.12. The molecule has 0 bridgehead atoms. The summed E-state index contributed by atoms with van der Waals surface area (Å²) >= 11 is 0. The number of imide groups is 1. The summed E-state index contributed by atoms with van der Waals surface area (Å²) in [4.78, 5) is 24.0. The van der Waals surface area contributed by atoms with Crippen molar-refractivity contribution in [2.24, 2.45) is 0 Å². The highest BCUT2D eigenvalue weighted by Gasteiger charge is 2.22. The topological polar surface area (TPSA) is 67.9 Å². The molecule has 6 heteroatoms. The van der Waals surface area contributed by atoms with Gasteiger partial charge in [0.1, 0.15) is 12.7 Å². The molecule has 0 aromatic heterocycles. The minimum Gasteiger partial charge on any atom is -0.486 e. The van der Waals surface area contributed by atoms with E-state index in [1.54, 1.807) is 0 Å². The zero-order chi connectivity index (χ0) is 16.1. The smallest absolute Gasteiger partial charge is 0.253 e. The van der Waals surface area contributed by atoms with Gasteiger partial charge in [0.15, 0.2) is 11.5 Å². The molecular formula is C17H20N2O4. The van der Waals surface area contributed by atoms with Gasteiger partial charge in [0.25, 0.3) is 11.8 Å². The highest BCUT2D eigenvalue weighted by Crippen LogP contribution is 2.30. The minimum absolute atomic E-state index is 0.00385. The monoisotopic (exact) mass is 316 g/mol. The Kier molecular flexibility index (Phi) is 4.92. The lowest BCUT2D eigenvalue weighted by Crippen LogP contribution is -2.39. The van der Waals surface area contributed by atoms with Crippen LogP contribution in [0.25, 0.3) is 0 Å². The number of hydrogen-bond acceptors (Lipinski definition) is 5. The van der Waals surface area contributed by atoms with Crippen molar-refractivity contribution in [3.05, 3.63) is 36.4 Å². The fourth-order valence-corrected chi connectivity index (χ4v) is 2.60. The molecule has 1 aromatic rings. The Labute approximate surface area is 135 Å². The largest absolute Gasteiger partial charge is 0.486 e. The molecule has 0 aliphatic carbocycles. The van der Waals surface area contributed by atoms with Gasteiger partial charge in [-0.2, -0.15) is 0 Å². The van der Waals surface area contributed by atoms with Crippen LogP contribution in [0.2, 0.25) is 0 Å². The minimum atomic E-state index is -0.214. The van der Waals surface area contributed by atoms with Crippen LogP contribution in [0.5, 0.6) is 11.5 Å². The van der Waals surface area contributed by atoms with Gasteiger partial charge in [0, 0.05) is 25.2 Å². The lowest BCUT2D eigenvalue weighted by Gasteiger charge is -2.26. The number of unbranched alkanes of at least 4 members (excludes halogenated alkanes) is 1. The van der Waals surface area contributed by atoms with Crippen LogP contribution < -0.4 is 14.8 Å². The quantitative estimate of drug-likeness (QED) is 0.603. The van der Waals surface area contributed by atoms with E-state index in [4.69, 9.17) is 9.47 Å². The maximum atomic E-state index is 11.4. The molecule has 2 aliphatic heterocycles. The average molecular weight is 316 g/mol. The van der Waals surface area contributed by atoms with Crippen molar-refractivity contribution in [1.29, 1.82) is 0 Å². The zero-order valence-electron chi connectivity index (χ0n) is 12.9. The second-order valence-corrected chi connectivity index (χ2v) is 5.57. The molecule has 3 rings (SSSR count). The second kappa shape index (κ2) is 7.28. The zero-order valence-corrected chi connectivity index (χ0v) is 12.9. The van der Waals surface area contributed by atoms with Crippen molar-refractivity contribution in [2.45, 2.75) is 18.9 Å². The van der Waals surface area contributed by atoms with Crippen molar-refractivity contribution in [2.75, 3.05) is 26.2 Å². The van der Waals surface area contributed by atoms with E-state index in [9.17, 15) is 9.59 Å². The van der Waals surface area contributed by atoms with Crippen LogP contribution >= 0.6 is 0 Å². The van der Waals surface area contributed by atoms with Crippen molar-refractivity contribution in [3.8, 4) is 11.5 Å². The standard InChI is InChI=1S/C17H20N2O4/c20-16-7-8-17(21)19(16)10-4-3-9-18-11-13-12-22-14-5-1-2-6-15(14)23-13/h1-2,5-8,13,18H,3-4,9-12H2. The number of fused-ring (bicyclic) bond motifs is 1. The van der Waals surface area contributed by atoms with E-state index in [2.05, 4.69) is 5.32 Å². The third kappa shape index (κ3) is 3.90. The van der Waals surface area contributed by atoms with E-state index < -0.39 is 0 Å². The van der Waals surface area contributed by atoms with E-state index in [1.165, 1.54) is 17.1 Å². The van der Waals surface area contributed by atoms with Crippen LogP contribution in [-0.4, -0.2) is 49.1 Å². The molecule has 1 unspecified atom stereocenters. The predicted molar refractivity (Wildman–Crippen MR) is 84.3 cm³/mol. The fraction of sp³-hybridized carbons (Fsp3) is 0.412. The number of carbonyl (C=O) groups excluding carboxylic acids is 2. The normalized spacial score (nSPS) is 19.5. The summed E-state index contributed by atoms with van der Waals surface area (Å²) < 4.78 is 11.5. The summed E-state index contributed by atoms with van der Waals surface area (Å²) in [6.45, 7) is 2.53. The summed E-state index contributed by atoms with van der Waals surface area (Å²) in [5.41, 5.74) is 0. The van der Waals surface area contributed by atoms with Gasteiger partial charge >= 0.3 is 0 Å². The lowest BCUT2D eigenvalue weighted by molar-refractivity contribution is -0.136. The molecular weight excluding hydrogens is 296 g/mol. The summed E-state index contributed by atoms with van der Waals surface area (Å²) in [7, 11) is 0. The van der Waals surface area contributed by atoms with Gasteiger partial charge in [0.2, 0.25) is 0 Å². The molecule has 2 amide bonds. The van der Waals surface area contributed by atoms with E-state index in [0.29, 0.717) is 19.7 Å². The number of ether oxygens (including phenoxy) is 2. The Morgan fingerprint density at radius 3 is 2.61 bits per heavy atom. The molecule has 1 atom stereocenters. The lowest BCUT2D eigenvalue weighted by atomic mass is 10.2. The molecule has 122 valence electrons. The Morgan fingerprint density at radius 2 is 1.83 bits per heavy atom. The maximum Gasteiger partial charge on any atom is 0.253 e. The highest BCUT2D eigenvalue weighted by atomic mass is 16.6. The first kappa shape index (κ1) is 15.6. The summed E-state index contributed by atoms with van der Waals surface area (Å²) in [5.74, 6) is 1.14. The van der Waals surface area contributed by atoms with Gasteiger partial charge in [-0.1, -0.05) is 12.1 Å². The molecule has 2 aliphatic rings. The Balaban J connectivity index is 1.29. The fourth-order valence-electron chi connectivity index (χ4n) is 2.60. The van der Waals surface area contributed by atoms with Crippen molar-refractivity contribution >= 4 is 11.8 Å². The second-order valence-electron chi connectivity index (χ2n) is 5.57. The average Bonchev–Trinajstić information content (AvgIpc) is 2.89. The van der Waals surface area contributed by atoms with Gasteiger partial charge in [-0.15, -0.1) is 0 Å². The molecule has 0 radical (unpaired) electrons. The van der Waals surface area contributed by atoms with Crippen LogP contribution in [0.1, 0.15) is 12.8 Å². The van der Waals surface area contributed by atoms with Crippen LogP contribution in [0, 0.1) is 0 Å². The molecule has 1 N–H and O–H groups in total. The van der Waals surface area contributed by atoms with Crippen molar-refractivity contribution < 1.29 is 19.1 Å². The van der Waals surface area contributed by atoms with Crippen LogP contribution in [0.15, 0.2) is 36.4 Å². The Hall–Kier alpha value is -2.34. The predicted octanol–water partition coefficient (Wildman–Crippen LogP) is 1.12. The van der Waals surface area contributed by atoms with E-state index >= 15 is 0 Å². The molecule has 0 spiro atoms. The van der Waals surface area contributed by atoms with Gasteiger partial charge in [0.05, 0.1) is 0 Å². The molecule has 0 saturated carbocycles. The van der Waals surface area contributed by atoms with Crippen LogP contribution in [0.4, 0.5) is 0 Å². The number of benzene rings is 1. The maximum absolute atomic E-state index is 11.4. The van der Waals surface area contributed by atoms with Crippen LogP contribution in [0.3, 0.4) is 0 Å².